The molecule has 0 bridgehead atoms. The van der Waals surface area contributed by atoms with E-state index >= 15 is 0 Å². The van der Waals surface area contributed by atoms with Crippen LogP contribution in [0.4, 0.5) is 11.4 Å². The lowest BCUT2D eigenvalue weighted by Crippen LogP contribution is -2.13. The van der Waals surface area contributed by atoms with Crippen LogP contribution in [0.2, 0.25) is 0 Å². The van der Waals surface area contributed by atoms with Gasteiger partial charge in [0.15, 0.2) is 11.5 Å². The summed E-state index contributed by atoms with van der Waals surface area (Å²) in [5.41, 5.74) is 1.67. The Balaban J connectivity index is 2.25. The maximum atomic E-state index is 12.6. The predicted molar refractivity (Wildman–Crippen MR) is 102 cm³/mol. The number of methoxy groups -OCH3 is 2. The summed E-state index contributed by atoms with van der Waals surface area (Å²) in [4.78, 5) is 23.0. The van der Waals surface area contributed by atoms with Crippen LogP contribution in [0.15, 0.2) is 30.3 Å². The van der Waals surface area contributed by atoms with Crippen molar-refractivity contribution in [2.45, 2.75) is 13.5 Å². The number of benzene rings is 2. The molecule has 0 aliphatic rings. The number of carbonyl (C=O) groups is 1. The predicted octanol–water partition coefficient (Wildman–Crippen LogP) is 2.68. The first-order valence-electron chi connectivity index (χ1n) is 8.43. The highest BCUT2D eigenvalue weighted by molar-refractivity contribution is 5.96. The molecule has 0 aliphatic carbocycles. The summed E-state index contributed by atoms with van der Waals surface area (Å²) >= 11 is 0. The van der Waals surface area contributed by atoms with Gasteiger partial charge < -0.3 is 24.6 Å². The molecular formula is C19H22N2O7. The lowest BCUT2D eigenvalue weighted by atomic mass is 10.1. The second-order valence-electron chi connectivity index (χ2n) is 5.85. The molecule has 9 nitrogen and oxygen atoms in total. The second-order valence-corrected chi connectivity index (χ2v) is 5.85. The van der Waals surface area contributed by atoms with Gasteiger partial charge in [0.05, 0.1) is 31.3 Å². The molecule has 2 aromatic rings. The van der Waals surface area contributed by atoms with Gasteiger partial charge in [0.2, 0.25) is 0 Å². The zero-order valence-corrected chi connectivity index (χ0v) is 15.9. The minimum atomic E-state index is -0.724. The van der Waals surface area contributed by atoms with Crippen LogP contribution < -0.4 is 14.8 Å². The van der Waals surface area contributed by atoms with Gasteiger partial charge in [0.1, 0.15) is 6.61 Å². The number of ether oxygens (including phenoxy) is 3. The Hall–Kier alpha value is -3.33. The van der Waals surface area contributed by atoms with Crippen molar-refractivity contribution in [3.05, 3.63) is 57.1 Å². The van der Waals surface area contributed by atoms with Crippen LogP contribution in [0.25, 0.3) is 0 Å². The number of non-ortho nitro benzene ring substituents is 1. The number of hydrogen-bond donors (Lipinski definition) is 2. The summed E-state index contributed by atoms with van der Waals surface area (Å²) in [5.74, 6) is 0.336. The fourth-order valence-corrected chi connectivity index (χ4v) is 2.56. The van der Waals surface area contributed by atoms with E-state index in [1.165, 1.54) is 26.4 Å². The first-order valence-corrected chi connectivity index (χ1v) is 8.43. The van der Waals surface area contributed by atoms with Gasteiger partial charge in [0, 0.05) is 24.4 Å². The Labute approximate surface area is 162 Å². The number of hydrogen-bond acceptors (Lipinski definition) is 8. The molecule has 0 radical (unpaired) electrons. The number of anilines is 1. The van der Waals surface area contributed by atoms with Gasteiger partial charge in [-0.3, -0.25) is 10.1 Å². The van der Waals surface area contributed by atoms with Gasteiger partial charge in [-0.1, -0.05) is 0 Å². The zero-order chi connectivity index (χ0) is 20.7. The molecule has 28 heavy (non-hydrogen) atoms. The number of aliphatic hydroxyl groups is 1. The molecule has 0 atom stereocenters. The molecule has 0 fully saturated rings. The van der Waals surface area contributed by atoms with Gasteiger partial charge in [0.25, 0.3) is 5.69 Å². The maximum absolute atomic E-state index is 12.6. The molecule has 0 spiro atoms. The van der Waals surface area contributed by atoms with E-state index in [0.29, 0.717) is 22.7 Å². The molecular weight excluding hydrogens is 368 g/mol. The highest BCUT2D eigenvalue weighted by atomic mass is 16.6. The molecule has 0 aromatic heterocycles. The van der Waals surface area contributed by atoms with Crippen molar-refractivity contribution < 1.29 is 29.0 Å². The van der Waals surface area contributed by atoms with Crippen LogP contribution in [-0.2, 0) is 11.3 Å². The first-order chi connectivity index (χ1) is 13.4. The van der Waals surface area contributed by atoms with Gasteiger partial charge >= 0.3 is 5.97 Å². The number of carbonyl (C=O) groups excluding carboxylic acids is 1. The van der Waals surface area contributed by atoms with Gasteiger partial charge in [-0.05, 0) is 36.2 Å². The summed E-state index contributed by atoms with van der Waals surface area (Å²) in [5, 5.41) is 22.8. The second kappa shape index (κ2) is 9.56. The molecule has 0 amide bonds. The van der Waals surface area contributed by atoms with Crippen LogP contribution in [0.5, 0.6) is 11.5 Å². The molecule has 2 N–H and O–H groups in total. The molecule has 0 saturated carbocycles. The Morgan fingerprint density at radius 1 is 1.18 bits per heavy atom. The molecule has 150 valence electrons. The molecule has 0 saturated heterocycles. The number of aryl methyl sites for hydroxylation is 1. The fourth-order valence-electron chi connectivity index (χ4n) is 2.56. The van der Waals surface area contributed by atoms with E-state index in [1.54, 1.807) is 12.1 Å². The van der Waals surface area contributed by atoms with E-state index in [4.69, 9.17) is 19.3 Å². The van der Waals surface area contributed by atoms with Crippen molar-refractivity contribution in [2.24, 2.45) is 0 Å². The zero-order valence-electron chi connectivity index (χ0n) is 15.9. The monoisotopic (exact) mass is 390 g/mol. The Bertz CT molecular complexity index is 868. The molecule has 0 aliphatic heterocycles. The molecule has 0 heterocycles. The number of nitro groups is 1. The SMILES string of the molecule is COc1cc(C)c(COC(=O)c2cc([N+](=O)[O-])ccc2NCCO)cc1OC. The number of nitrogens with one attached hydrogen (secondary N) is 1. The summed E-state index contributed by atoms with van der Waals surface area (Å²) < 4.78 is 15.8. The fraction of sp³-hybridized carbons (Fsp3) is 0.316. The number of esters is 1. The van der Waals surface area contributed by atoms with Crippen molar-refractivity contribution in [3.63, 3.8) is 0 Å². The summed E-state index contributed by atoms with van der Waals surface area (Å²) in [6.45, 7) is 1.82. The van der Waals surface area contributed by atoms with Crippen LogP contribution in [0.1, 0.15) is 21.5 Å². The lowest BCUT2D eigenvalue weighted by molar-refractivity contribution is -0.384. The molecule has 9 heteroatoms. The molecule has 0 unspecified atom stereocenters. The standard InChI is InChI=1S/C19H22N2O7/c1-12-8-17(26-2)18(27-3)9-13(12)11-28-19(23)15-10-14(21(24)25)4-5-16(15)20-6-7-22/h4-5,8-10,20,22H,6-7,11H2,1-3H3. The van der Waals surface area contributed by atoms with Gasteiger partial charge in [-0.2, -0.15) is 0 Å². The Morgan fingerprint density at radius 2 is 1.86 bits per heavy atom. The van der Waals surface area contributed by atoms with Crippen LogP contribution >= 0.6 is 0 Å². The highest BCUT2D eigenvalue weighted by Crippen LogP contribution is 2.31. The third kappa shape index (κ3) is 4.89. The Morgan fingerprint density at radius 3 is 2.46 bits per heavy atom. The molecule has 2 aromatic carbocycles. The van der Waals surface area contributed by atoms with Crippen LogP contribution in [0, 0.1) is 17.0 Å². The van der Waals surface area contributed by atoms with E-state index in [9.17, 15) is 14.9 Å². The van der Waals surface area contributed by atoms with Gasteiger partial charge in [-0.15, -0.1) is 0 Å². The topological polar surface area (TPSA) is 120 Å². The van der Waals surface area contributed by atoms with E-state index < -0.39 is 10.9 Å². The maximum Gasteiger partial charge on any atom is 0.340 e. The average molecular weight is 390 g/mol. The van der Waals surface area contributed by atoms with E-state index in [2.05, 4.69) is 5.32 Å². The minimum absolute atomic E-state index is 0.0146. The smallest absolute Gasteiger partial charge is 0.340 e. The van der Waals surface area contributed by atoms with Crippen molar-refractivity contribution in [2.75, 3.05) is 32.7 Å². The first kappa shape index (κ1) is 21.0. The normalized spacial score (nSPS) is 10.3. The van der Waals surface area contributed by atoms with E-state index in [1.807, 2.05) is 6.92 Å². The van der Waals surface area contributed by atoms with Crippen molar-refractivity contribution in [3.8, 4) is 11.5 Å². The van der Waals surface area contributed by atoms with Crippen molar-refractivity contribution in [1.82, 2.24) is 0 Å². The number of rotatable bonds is 9. The quantitative estimate of drug-likeness (QED) is 0.381. The van der Waals surface area contributed by atoms with Crippen LogP contribution in [0.3, 0.4) is 0 Å². The summed E-state index contributed by atoms with van der Waals surface area (Å²) in [7, 11) is 3.03. The van der Waals surface area contributed by atoms with Gasteiger partial charge in [-0.25, -0.2) is 4.79 Å². The highest BCUT2D eigenvalue weighted by Gasteiger charge is 2.19. The van der Waals surface area contributed by atoms with E-state index in [0.717, 1.165) is 11.6 Å². The van der Waals surface area contributed by atoms with Crippen LogP contribution in [-0.4, -0.2) is 43.4 Å². The lowest BCUT2D eigenvalue weighted by Gasteiger charge is -2.14. The van der Waals surface area contributed by atoms with E-state index in [-0.39, 0.29) is 31.0 Å². The van der Waals surface area contributed by atoms with Crippen molar-refractivity contribution >= 4 is 17.3 Å². The number of aliphatic hydroxyl groups excluding tert-OH is 1. The Kier molecular flexibility index (Phi) is 7.16. The number of nitrogens with zero attached hydrogens (tertiary/aromatic N) is 1. The summed E-state index contributed by atoms with van der Waals surface area (Å²) in [6, 6.07) is 7.30. The molecule has 2 rings (SSSR count). The van der Waals surface area contributed by atoms with Crippen molar-refractivity contribution in [1.29, 1.82) is 0 Å². The average Bonchev–Trinajstić information content (AvgIpc) is 2.70. The minimum Gasteiger partial charge on any atom is -0.493 e. The largest absolute Gasteiger partial charge is 0.493 e. The number of nitro benzene ring substituents is 1. The third-order valence-corrected chi connectivity index (χ3v) is 4.06. The third-order valence-electron chi connectivity index (χ3n) is 4.06. The summed E-state index contributed by atoms with van der Waals surface area (Å²) in [6.07, 6.45) is 0.